The van der Waals surface area contributed by atoms with Crippen LogP contribution in [-0.4, -0.2) is 42.0 Å². The van der Waals surface area contributed by atoms with Crippen LogP contribution in [0.4, 0.5) is 4.79 Å². The van der Waals surface area contributed by atoms with Gasteiger partial charge in [0.05, 0.1) is 19.1 Å². The summed E-state index contributed by atoms with van der Waals surface area (Å²) in [4.78, 5) is 24.5. The van der Waals surface area contributed by atoms with Gasteiger partial charge in [0, 0.05) is 6.04 Å². The van der Waals surface area contributed by atoms with Crippen LogP contribution in [0.2, 0.25) is 0 Å². The van der Waals surface area contributed by atoms with Gasteiger partial charge in [0.2, 0.25) is 0 Å². The maximum Gasteiger partial charge on any atom is 0.407 e. The average Bonchev–Trinajstić information content (AvgIpc) is 2.71. The topological polar surface area (TPSA) is 84.9 Å². The largest absolute Gasteiger partial charge is 0.466 e. The van der Waals surface area contributed by atoms with Gasteiger partial charge in [-0.25, -0.2) is 4.79 Å². The standard InChI is InChI=1S/C25H33NO5/c1-5-30-23(28)21(17-27)16-22(26-24(29)31-25(2,3)4)15-18-11-13-20(14-12-18)19-9-7-6-8-10-19/h6-14,21-22,27H,5,15-17H2,1-4H3,(H,26,29)/t21-,22+/m0/s1. The van der Waals surface area contributed by atoms with E-state index in [4.69, 9.17) is 9.47 Å². The Hall–Kier alpha value is -2.86. The van der Waals surface area contributed by atoms with E-state index in [2.05, 4.69) is 5.32 Å². The lowest BCUT2D eigenvalue weighted by Gasteiger charge is -2.25. The van der Waals surface area contributed by atoms with Gasteiger partial charge in [0.1, 0.15) is 5.60 Å². The van der Waals surface area contributed by atoms with Crippen molar-refractivity contribution in [2.45, 2.75) is 52.2 Å². The molecule has 2 rings (SSSR count). The summed E-state index contributed by atoms with van der Waals surface area (Å²) in [5.74, 6) is -1.19. The lowest BCUT2D eigenvalue weighted by molar-refractivity contribution is -0.149. The maximum absolute atomic E-state index is 12.4. The summed E-state index contributed by atoms with van der Waals surface area (Å²) in [6.07, 6.45) is 0.179. The Balaban J connectivity index is 2.14. The third-order valence-corrected chi connectivity index (χ3v) is 4.67. The van der Waals surface area contributed by atoms with Gasteiger partial charge in [-0.15, -0.1) is 0 Å². The number of nitrogens with one attached hydrogen (secondary N) is 1. The fourth-order valence-corrected chi connectivity index (χ4v) is 3.26. The van der Waals surface area contributed by atoms with Crippen molar-refractivity contribution in [3.8, 4) is 11.1 Å². The van der Waals surface area contributed by atoms with Gasteiger partial charge < -0.3 is 19.9 Å². The van der Waals surface area contributed by atoms with E-state index in [1.807, 2.05) is 54.6 Å². The highest BCUT2D eigenvalue weighted by atomic mass is 16.6. The molecule has 0 fully saturated rings. The number of alkyl carbamates (subject to hydrolysis) is 1. The molecule has 0 radical (unpaired) electrons. The van der Waals surface area contributed by atoms with E-state index in [0.717, 1.165) is 16.7 Å². The van der Waals surface area contributed by atoms with Crippen LogP contribution >= 0.6 is 0 Å². The molecular weight excluding hydrogens is 394 g/mol. The summed E-state index contributed by atoms with van der Waals surface area (Å²) in [6, 6.07) is 17.7. The molecule has 2 N–H and O–H groups in total. The number of carbonyl (C=O) groups excluding carboxylic acids is 2. The average molecular weight is 428 g/mol. The van der Waals surface area contributed by atoms with Gasteiger partial charge in [-0.2, -0.15) is 0 Å². The van der Waals surface area contributed by atoms with Gasteiger partial charge in [-0.3, -0.25) is 4.79 Å². The van der Waals surface area contributed by atoms with Crippen molar-refractivity contribution in [2.24, 2.45) is 5.92 Å². The third-order valence-electron chi connectivity index (χ3n) is 4.67. The van der Waals surface area contributed by atoms with Crippen LogP contribution in [0.25, 0.3) is 11.1 Å². The molecule has 0 saturated heterocycles. The van der Waals surface area contributed by atoms with Crippen LogP contribution in [0.1, 0.15) is 39.7 Å². The Bertz CT molecular complexity index is 827. The molecule has 1 amide bonds. The lowest BCUT2D eigenvalue weighted by Crippen LogP contribution is -2.42. The predicted molar refractivity (Wildman–Crippen MR) is 121 cm³/mol. The van der Waals surface area contributed by atoms with Crippen LogP contribution in [-0.2, 0) is 20.7 Å². The summed E-state index contributed by atoms with van der Waals surface area (Å²) in [5, 5.41) is 12.5. The zero-order valence-corrected chi connectivity index (χ0v) is 18.8. The van der Waals surface area contributed by atoms with Crippen molar-refractivity contribution in [1.82, 2.24) is 5.32 Å². The molecule has 0 aliphatic carbocycles. The minimum atomic E-state index is -0.719. The Labute approximate surface area is 184 Å². The Kier molecular flexibility index (Phi) is 9.06. The number of aliphatic hydroxyl groups is 1. The first kappa shape index (κ1) is 24.4. The molecule has 0 unspecified atom stereocenters. The van der Waals surface area contributed by atoms with Crippen LogP contribution < -0.4 is 5.32 Å². The number of hydrogen-bond donors (Lipinski definition) is 2. The number of aliphatic hydroxyl groups excluding tert-OH is 1. The number of ether oxygens (including phenoxy) is 2. The number of rotatable bonds is 9. The van der Waals surface area contributed by atoms with Gasteiger partial charge in [-0.05, 0) is 57.2 Å². The lowest BCUT2D eigenvalue weighted by atomic mass is 9.94. The van der Waals surface area contributed by atoms with Gasteiger partial charge >= 0.3 is 12.1 Å². The van der Waals surface area contributed by atoms with Crippen molar-refractivity contribution in [1.29, 1.82) is 0 Å². The van der Waals surface area contributed by atoms with Crippen molar-refractivity contribution in [2.75, 3.05) is 13.2 Å². The quantitative estimate of drug-likeness (QED) is 0.581. The highest BCUT2D eigenvalue weighted by Crippen LogP contribution is 2.21. The third kappa shape index (κ3) is 8.42. The zero-order chi connectivity index (χ0) is 22.9. The monoisotopic (exact) mass is 427 g/mol. The highest BCUT2D eigenvalue weighted by Gasteiger charge is 2.26. The molecule has 0 aliphatic heterocycles. The van der Waals surface area contributed by atoms with E-state index in [9.17, 15) is 14.7 Å². The van der Waals surface area contributed by atoms with Crippen molar-refractivity contribution >= 4 is 12.1 Å². The number of benzene rings is 2. The molecule has 2 atom stereocenters. The first-order valence-corrected chi connectivity index (χ1v) is 10.6. The SMILES string of the molecule is CCOC(=O)[C@H](CO)C[C@@H](Cc1ccc(-c2ccccc2)cc1)NC(=O)OC(C)(C)C. The van der Waals surface area contributed by atoms with Crippen LogP contribution in [0.15, 0.2) is 54.6 Å². The van der Waals surface area contributed by atoms with E-state index >= 15 is 0 Å². The first-order valence-electron chi connectivity index (χ1n) is 10.6. The van der Waals surface area contributed by atoms with Gasteiger partial charge in [0.25, 0.3) is 0 Å². The number of carbonyl (C=O) groups is 2. The number of hydrogen-bond acceptors (Lipinski definition) is 5. The molecule has 2 aromatic carbocycles. The number of amides is 1. The van der Waals surface area contributed by atoms with Gasteiger partial charge in [-0.1, -0.05) is 54.6 Å². The summed E-state index contributed by atoms with van der Waals surface area (Å²) >= 11 is 0. The van der Waals surface area contributed by atoms with Crippen LogP contribution in [0.5, 0.6) is 0 Å². The molecule has 168 valence electrons. The molecule has 6 heteroatoms. The molecule has 0 aliphatic rings. The molecule has 0 spiro atoms. The molecule has 0 aromatic heterocycles. The van der Waals surface area contributed by atoms with E-state index in [-0.39, 0.29) is 19.6 Å². The molecule has 0 saturated carbocycles. The van der Waals surface area contributed by atoms with Crippen molar-refractivity contribution in [3.05, 3.63) is 60.2 Å². The first-order chi connectivity index (χ1) is 14.7. The summed E-state index contributed by atoms with van der Waals surface area (Å²) in [7, 11) is 0. The minimum absolute atomic E-state index is 0.237. The zero-order valence-electron chi connectivity index (χ0n) is 18.8. The molecule has 0 heterocycles. The fraction of sp³-hybridized carbons (Fsp3) is 0.440. The molecule has 0 bridgehead atoms. The second kappa shape index (κ2) is 11.5. The summed E-state index contributed by atoms with van der Waals surface area (Å²) < 4.78 is 10.4. The smallest absolute Gasteiger partial charge is 0.407 e. The van der Waals surface area contributed by atoms with Crippen molar-refractivity contribution in [3.63, 3.8) is 0 Å². The van der Waals surface area contributed by atoms with E-state index in [1.54, 1.807) is 27.7 Å². The maximum atomic E-state index is 12.4. The van der Waals surface area contributed by atoms with Crippen LogP contribution in [0, 0.1) is 5.92 Å². The number of esters is 1. The van der Waals surface area contributed by atoms with E-state index < -0.39 is 29.6 Å². The van der Waals surface area contributed by atoms with E-state index in [1.165, 1.54) is 0 Å². The highest BCUT2D eigenvalue weighted by molar-refractivity contribution is 5.73. The summed E-state index contributed by atoms with van der Waals surface area (Å²) in [5.41, 5.74) is 2.59. The normalized spacial score (nSPS) is 13.2. The molecule has 31 heavy (non-hydrogen) atoms. The predicted octanol–water partition coefficient (Wildman–Crippen LogP) is 4.35. The molecule has 2 aromatic rings. The van der Waals surface area contributed by atoms with Crippen molar-refractivity contribution < 1.29 is 24.2 Å². The second-order valence-corrected chi connectivity index (χ2v) is 8.48. The molecular formula is C25H33NO5. The fourth-order valence-electron chi connectivity index (χ4n) is 3.26. The second-order valence-electron chi connectivity index (χ2n) is 8.48. The Morgan fingerprint density at radius 2 is 1.61 bits per heavy atom. The summed E-state index contributed by atoms with van der Waals surface area (Å²) in [6.45, 7) is 6.98. The Morgan fingerprint density at radius 1 is 1.00 bits per heavy atom. The van der Waals surface area contributed by atoms with Gasteiger partial charge in [0.15, 0.2) is 0 Å². The Morgan fingerprint density at radius 3 is 2.16 bits per heavy atom. The van der Waals surface area contributed by atoms with Crippen LogP contribution in [0.3, 0.4) is 0 Å². The minimum Gasteiger partial charge on any atom is -0.466 e. The molecule has 6 nitrogen and oxygen atoms in total. The van der Waals surface area contributed by atoms with E-state index in [0.29, 0.717) is 6.42 Å².